The van der Waals surface area contributed by atoms with Gasteiger partial charge in [-0.15, -0.1) is 0 Å². The Kier molecular flexibility index (Phi) is 3.49. The van der Waals surface area contributed by atoms with Gasteiger partial charge in [0, 0.05) is 17.6 Å². The fraction of sp³-hybridized carbons (Fsp3) is 0.154. The molecule has 0 atom stereocenters. The molecule has 0 saturated heterocycles. The molecule has 0 amide bonds. The zero-order valence-corrected chi connectivity index (χ0v) is 10.1. The zero-order chi connectivity index (χ0) is 12.3. The van der Waals surface area contributed by atoms with E-state index in [9.17, 15) is 4.79 Å². The molecular formula is C13H11ClN2O. The van der Waals surface area contributed by atoms with Crippen LogP contribution in [0.4, 0.5) is 0 Å². The summed E-state index contributed by atoms with van der Waals surface area (Å²) in [6, 6.07) is 7.26. The fourth-order valence-corrected chi connectivity index (χ4v) is 1.82. The lowest BCUT2D eigenvalue weighted by Crippen LogP contribution is -2.06. The van der Waals surface area contributed by atoms with Crippen molar-refractivity contribution >= 4 is 17.4 Å². The molecule has 0 fully saturated rings. The lowest BCUT2D eigenvalue weighted by Gasteiger charge is -2.04. The summed E-state index contributed by atoms with van der Waals surface area (Å²) in [5.74, 6) is -0.0573. The molecule has 2 aromatic rings. The zero-order valence-electron chi connectivity index (χ0n) is 9.35. The van der Waals surface area contributed by atoms with E-state index in [4.69, 9.17) is 11.6 Å². The van der Waals surface area contributed by atoms with Crippen LogP contribution in [-0.2, 0) is 6.42 Å². The number of rotatable bonds is 3. The van der Waals surface area contributed by atoms with Crippen LogP contribution in [0.2, 0.25) is 5.02 Å². The van der Waals surface area contributed by atoms with Crippen molar-refractivity contribution in [2.45, 2.75) is 13.3 Å². The first-order valence-corrected chi connectivity index (χ1v) is 5.59. The van der Waals surface area contributed by atoms with Gasteiger partial charge in [0.25, 0.3) is 0 Å². The number of carbonyl (C=O) groups is 1. The van der Waals surface area contributed by atoms with Crippen molar-refractivity contribution in [1.82, 2.24) is 9.97 Å². The van der Waals surface area contributed by atoms with Crippen molar-refractivity contribution in [3.05, 3.63) is 58.6 Å². The van der Waals surface area contributed by atoms with Gasteiger partial charge in [0.2, 0.25) is 0 Å². The molecule has 2 rings (SSSR count). The summed E-state index contributed by atoms with van der Waals surface area (Å²) in [6.07, 6.45) is 3.18. The Labute approximate surface area is 104 Å². The number of aromatic nitrogens is 2. The van der Waals surface area contributed by atoms with Crippen molar-refractivity contribution in [2.75, 3.05) is 0 Å². The molecule has 1 aromatic heterocycles. The predicted octanol–water partition coefficient (Wildman–Crippen LogP) is 2.86. The normalized spacial score (nSPS) is 10.2. The van der Waals surface area contributed by atoms with E-state index < -0.39 is 0 Å². The number of nitrogens with zero attached hydrogens (tertiary/aromatic N) is 2. The molecule has 0 spiro atoms. The summed E-state index contributed by atoms with van der Waals surface area (Å²) in [6.45, 7) is 1.96. The third-order valence-corrected chi connectivity index (χ3v) is 2.78. The summed E-state index contributed by atoms with van der Waals surface area (Å²) < 4.78 is 0. The monoisotopic (exact) mass is 246 g/mol. The first-order chi connectivity index (χ1) is 8.16. The van der Waals surface area contributed by atoms with Crippen molar-refractivity contribution in [2.24, 2.45) is 0 Å². The molecule has 0 radical (unpaired) electrons. The van der Waals surface area contributed by atoms with Gasteiger partial charge in [0.1, 0.15) is 12.0 Å². The number of Topliss-reactive ketones (excluding diaryl/α,β-unsaturated/α-hetero) is 1. The molecule has 3 nitrogen and oxygen atoms in total. The molecule has 0 aliphatic rings. The van der Waals surface area contributed by atoms with Crippen LogP contribution >= 0.6 is 11.6 Å². The molecule has 86 valence electrons. The Balaban J connectivity index is 2.19. The maximum absolute atomic E-state index is 11.9. The maximum Gasteiger partial charge on any atom is 0.185 e. The quantitative estimate of drug-likeness (QED) is 0.782. The number of hydrogen-bond donors (Lipinski definition) is 0. The van der Waals surface area contributed by atoms with Gasteiger partial charge < -0.3 is 0 Å². The van der Waals surface area contributed by atoms with E-state index in [1.54, 1.807) is 12.3 Å². The second kappa shape index (κ2) is 5.06. The number of benzene rings is 1. The first kappa shape index (κ1) is 11.7. The largest absolute Gasteiger partial charge is 0.292 e. The molecular weight excluding hydrogens is 236 g/mol. The van der Waals surface area contributed by atoms with Gasteiger partial charge in [0.15, 0.2) is 5.78 Å². The third kappa shape index (κ3) is 2.88. The van der Waals surface area contributed by atoms with Crippen molar-refractivity contribution < 1.29 is 4.79 Å². The SMILES string of the molecule is Cc1ccc(CC(=O)c2ccncn2)c(Cl)c1. The topological polar surface area (TPSA) is 42.9 Å². The standard InChI is InChI=1S/C13H11ClN2O/c1-9-2-3-10(11(14)6-9)7-13(17)12-4-5-15-8-16-12/h2-6,8H,7H2,1H3. The minimum absolute atomic E-state index is 0.0573. The van der Waals surface area contributed by atoms with E-state index in [1.807, 2.05) is 25.1 Å². The highest BCUT2D eigenvalue weighted by Crippen LogP contribution is 2.19. The van der Waals surface area contributed by atoms with E-state index in [0.29, 0.717) is 10.7 Å². The van der Waals surface area contributed by atoms with Crippen molar-refractivity contribution in [1.29, 1.82) is 0 Å². The van der Waals surface area contributed by atoms with E-state index in [2.05, 4.69) is 9.97 Å². The number of ketones is 1. The van der Waals surface area contributed by atoms with E-state index in [-0.39, 0.29) is 12.2 Å². The maximum atomic E-state index is 11.9. The summed E-state index contributed by atoms with van der Waals surface area (Å²) in [5.41, 5.74) is 2.31. The third-order valence-electron chi connectivity index (χ3n) is 2.43. The van der Waals surface area contributed by atoms with Crippen LogP contribution in [0, 0.1) is 6.92 Å². The van der Waals surface area contributed by atoms with Crippen LogP contribution in [0.25, 0.3) is 0 Å². The Morgan fingerprint density at radius 2 is 2.18 bits per heavy atom. The number of halogens is 1. The molecule has 0 N–H and O–H groups in total. The number of carbonyl (C=O) groups excluding carboxylic acids is 1. The van der Waals surface area contributed by atoms with Gasteiger partial charge >= 0.3 is 0 Å². The van der Waals surface area contributed by atoms with E-state index >= 15 is 0 Å². The van der Waals surface area contributed by atoms with Gasteiger partial charge in [-0.3, -0.25) is 4.79 Å². The highest BCUT2D eigenvalue weighted by Gasteiger charge is 2.10. The molecule has 17 heavy (non-hydrogen) atoms. The minimum Gasteiger partial charge on any atom is -0.292 e. The Hall–Kier alpha value is -1.74. The molecule has 1 aromatic carbocycles. The summed E-state index contributed by atoms with van der Waals surface area (Å²) in [4.78, 5) is 19.6. The molecule has 0 saturated carbocycles. The van der Waals surface area contributed by atoms with Crippen LogP contribution in [0.5, 0.6) is 0 Å². The Morgan fingerprint density at radius 3 is 2.82 bits per heavy atom. The fourth-order valence-electron chi connectivity index (χ4n) is 1.51. The average molecular weight is 247 g/mol. The van der Waals surface area contributed by atoms with Crippen LogP contribution in [-0.4, -0.2) is 15.8 Å². The molecule has 0 unspecified atom stereocenters. The lowest BCUT2D eigenvalue weighted by molar-refractivity contribution is 0.0988. The first-order valence-electron chi connectivity index (χ1n) is 5.21. The van der Waals surface area contributed by atoms with Gasteiger partial charge in [-0.1, -0.05) is 23.7 Å². The Morgan fingerprint density at radius 1 is 1.35 bits per heavy atom. The van der Waals surface area contributed by atoms with Gasteiger partial charge in [-0.2, -0.15) is 0 Å². The van der Waals surface area contributed by atoms with Gasteiger partial charge in [-0.25, -0.2) is 9.97 Å². The van der Waals surface area contributed by atoms with Crippen LogP contribution < -0.4 is 0 Å². The highest BCUT2D eigenvalue weighted by atomic mass is 35.5. The second-order valence-electron chi connectivity index (χ2n) is 3.79. The van der Waals surface area contributed by atoms with Crippen LogP contribution in [0.1, 0.15) is 21.6 Å². The predicted molar refractivity (Wildman–Crippen MR) is 66.3 cm³/mol. The molecule has 0 bridgehead atoms. The number of hydrogen-bond acceptors (Lipinski definition) is 3. The smallest absolute Gasteiger partial charge is 0.185 e. The summed E-state index contributed by atoms with van der Waals surface area (Å²) in [7, 11) is 0. The lowest BCUT2D eigenvalue weighted by atomic mass is 10.1. The van der Waals surface area contributed by atoms with E-state index in [0.717, 1.165) is 11.1 Å². The molecule has 1 heterocycles. The molecule has 0 aliphatic heterocycles. The van der Waals surface area contributed by atoms with Gasteiger partial charge in [0.05, 0.1) is 0 Å². The van der Waals surface area contributed by atoms with Crippen molar-refractivity contribution in [3.63, 3.8) is 0 Å². The van der Waals surface area contributed by atoms with Gasteiger partial charge in [-0.05, 0) is 30.2 Å². The minimum atomic E-state index is -0.0573. The van der Waals surface area contributed by atoms with Crippen LogP contribution in [0.3, 0.4) is 0 Å². The summed E-state index contributed by atoms with van der Waals surface area (Å²) in [5, 5.41) is 0.618. The second-order valence-corrected chi connectivity index (χ2v) is 4.20. The average Bonchev–Trinajstić information content (AvgIpc) is 2.34. The van der Waals surface area contributed by atoms with Crippen molar-refractivity contribution in [3.8, 4) is 0 Å². The summed E-state index contributed by atoms with van der Waals surface area (Å²) >= 11 is 6.08. The molecule has 0 aliphatic carbocycles. The highest BCUT2D eigenvalue weighted by molar-refractivity contribution is 6.31. The Bertz CT molecular complexity index is 540. The van der Waals surface area contributed by atoms with Crippen LogP contribution in [0.15, 0.2) is 36.8 Å². The number of aryl methyl sites for hydroxylation is 1. The molecule has 4 heteroatoms. The van der Waals surface area contributed by atoms with E-state index in [1.165, 1.54) is 6.33 Å².